The molecule has 0 aromatic heterocycles. The van der Waals surface area contributed by atoms with E-state index in [9.17, 15) is 28.0 Å². The monoisotopic (exact) mass is 452 g/mol. The van der Waals surface area contributed by atoms with Gasteiger partial charge < -0.3 is 38.0 Å². The number of hydrogen-bond donors (Lipinski definition) is 4. The molecule has 4 radical (unpaired) electrons. The molecule has 0 spiro atoms. The van der Waals surface area contributed by atoms with Crippen molar-refractivity contribution in [3.8, 4) is 0 Å². The molecule has 6 unspecified atom stereocenters. The fourth-order valence-electron chi connectivity index (χ4n) is 1.70. The Morgan fingerprint density at radius 3 is 2.50 bits per heavy atom. The molecular formula is C6H11B3FO12P3S. The lowest BCUT2D eigenvalue weighted by Crippen LogP contribution is -2.31. The van der Waals surface area contributed by atoms with Crippen LogP contribution in [0.5, 0.6) is 0 Å². The van der Waals surface area contributed by atoms with Crippen molar-refractivity contribution in [2.45, 2.75) is 24.6 Å². The lowest BCUT2D eigenvalue weighted by Gasteiger charge is -2.23. The van der Waals surface area contributed by atoms with Gasteiger partial charge in [-0.25, -0.2) is 13.2 Å². The highest BCUT2D eigenvalue weighted by Gasteiger charge is 2.41. The van der Waals surface area contributed by atoms with Gasteiger partial charge in [0.25, 0.3) is 5.87 Å². The summed E-state index contributed by atoms with van der Waals surface area (Å²) in [6.07, 6.45) is -2.23. The van der Waals surface area contributed by atoms with E-state index < -0.39 is 59.9 Å². The number of hydrogen-bond acceptors (Lipinski definition) is 10. The van der Waals surface area contributed by atoms with E-state index >= 15 is 0 Å². The highest BCUT2D eigenvalue weighted by Crippen LogP contribution is 2.66. The molecule has 1 saturated heterocycles. The molecule has 26 heavy (non-hydrogen) atoms. The summed E-state index contributed by atoms with van der Waals surface area (Å²) in [4.78, 5) is 38.8. The summed E-state index contributed by atoms with van der Waals surface area (Å²) >= 11 is 4.44. The van der Waals surface area contributed by atoms with Gasteiger partial charge in [-0.2, -0.15) is 0 Å². The first kappa shape index (κ1) is 24.4. The van der Waals surface area contributed by atoms with Gasteiger partial charge in [0.2, 0.25) is 0 Å². The third-order valence-corrected chi connectivity index (χ3v) is 7.66. The number of phosphoric acid groups is 1. The molecule has 0 bridgehead atoms. The van der Waals surface area contributed by atoms with Crippen molar-refractivity contribution in [2.75, 3.05) is 6.61 Å². The predicted octanol–water partition coefficient (Wildman–Crippen LogP) is -0.557. The fraction of sp³-hybridized carbons (Fsp3) is 0.833. The molecular weight excluding hydrogens is 440 g/mol. The zero-order valence-electron chi connectivity index (χ0n) is 12.6. The summed E-state index contributed by atoms with van der Waals surface area (Å²) in [7, 11) is -5.66. The summed E-state index contributed by atoms with van der Waals surface area (Å²) in [5.74, 6) is -1.32. The highest BCUT2D eigenvalue weighted by molar-refractivity contribution is 8.08. The molecule has 4 N–H and O–H groups in total. The summed E-state index contributed by atoms with van der Waals surface area (Å²) in [6, 6.07) is -0.911. The predicted molar refractivity (Wildman–Crippen MR) is 88.4 cm³/mol. The van der Waals surface area contributed by atoms with Gasteiger partial charge in [-0.3, -0.25) is 9.36 Å². The quantitative estimate of drug-likeness (QED) is 0.245. The van der Waals surface area contributed by atoms with E-state index in [0.29, 0.717) is 0 Å². The van der Waals surface area contributed by atoms with E-state index in [1.165, 1.54) is 0 Å². The standard InChI is InChI=1S/C6H11B3FO12P3S/c7-5-1-3(20-6(11)8-10)4(19-5)2-18-25(17,26)22-24(15,16)21-23(13,14)9-12/h3-5,12H,1-2H2,(H,13,14)(H,15,16)(H,17,26). The third kappa shape index (κ3) is 8.60. The molecule has 1 fully saturated rings. The van der Waals surface area contributed by atoms with Gasteiger partial charge in [0.1, 0.15) is 20.1 Å². The van der Waals surface area contributed by atoms with E-state index in [-0.39, 0.29) is 14.0 Å². The van der Waals surface area contributed by atoms with E-state index in [1.54, 1.807) is 0 Å². The molecule has 0 aromatic carbocycles. The van der Waals surface area contributed by atoms with Crippen molar-refractivity contribution >= 4 is 62.3 Å². The molecule has 0 amide bonds. The van der Waals surface area contributed by atoms with Crippen molar-refractivity contribution in [1.29, 1.82) is 0 Å². The van der Waals surface area contributed by atoms with Crippen LogP contribution in [0.4, 0.5) is 9.11 Å². The van der Waals surface area contributed by atoms with Crippen LogP contribution in [0.3, 0.4) is 0 Å². The van der Waals surface area contributed by atoms with E-state index in [4.69, 9.17) is 27.0 Å². The van der Waals surface area contributed by atoms with Crippen LogP contribution < -0.4 is 0 Å². The van der Waals surface area contributed by atoms with Gasteiger partial charge >= 0.3 is 36.8 Å². The van der Waals surface area contributed by atoms with Crippen molar-refractivity contribution < 1.29 is 60.6 Å². The zero-order chi connectivity index (χ0) is 20.2. The largest absolute Gasteiger partial charge is 0.491 e. The summed E-state index contributed by atoms with van der Waals surface area (Å²) in [5, 5.41) is 8.39. The maximum Gasteiger partial charge on any atom is 0.491 e. The summed E-state index contributed by atoms with van der Waals surface area (Å²) < 4.78 is 56.9. The minimum absolute atomic E-state index is 0.0373. The second-order valence-electron chi connectivity index (χ2n) is 4.61. The van der Waals surface area contributed by atoms with Crippen molar-refractivity contribution in [2.24, 2.45) is 0 Å². The van der Waals surface area contributed by atoms with Crippen molar-refractivity contribution in [1.82, 2.24) is 0 Å². The third-order valence-electron chi connectivity index (χ3n) is 2.56. The Kier molecular flexibility index (Phi) is 9.14. The van der Waals surface area contributed by atoms with Crippen LogP contribution >= 0.6 is 22.0 Å². The van der Waals surface area contributed by atoms with Gasteiger partial charge in [0.05, 0.1) is 6.61 Å². The first-order valence-electron chi connectivity index (χ1n) is 6.38. The maximum absolute atomic E-state index is 12.1. The van der Waals surface area contributed by atoms with E-state index in [1.807, 2.05) is 0 Å². The number of ether oxygens (including phenoxy) is 2. The lowest BCUT2D eigenvalue weighted by atomic mass is 9.96. The lowest BCUT2D eigenvalue weighted by molar-refractivity contribution is -0.00321. The van der Waals surface area contributed by atoms with Crippen LogP contribution in [0.25, 0.3) is 0 Å². The average Bonchev–Trinajstić information content (AvgIpc) is 2.82. The molecule has 0 aliphatic carbocycles. The first-order valence-corrected chi connectivity index (χ1v) is 12.1. The first-order chi connectivity index (χ1) is 11.8. The average molecular weight is 452 g/mol. The number of rotatable bonds is 10. The molecule has 12 nitrogen and oxygen atoms in total. The van der Waals surface area contributed by atoms with Crippen LogP contribution in [0.2, 0.25) is 0 Å². The Hall–Kier alpha value is 0.385. The number of carbonyl (C=O) groups excluding carboxylic acids is 1. The Bertz CT molecular complexity index is 654. The number of carbonyl (C=O) groups is 1. The van der Waals surface area contributed by atoms with E-state index in [0.717, 1.165) is 0 Å². The molecule has 0 saturated carbocycles. The molecule has 1 aliphatic rings. The van der Waals surface area contributed by atoms with Gasteiger partial charge in [-0.05, 0) is 11.8 Å². The van der Waals surface area contributed by atoms with Gasteiger partial charge in [-0.1, -0.05) is 0 Å². The van der Waals surface area contributed by atoms with Crippen molar-refractivity contribution in [3.63, 3.8) is 0 Å². The summed E-state index contributed by atoms with van der Waals surface area (Å²) in [6.45, 7) is -5.18. The second kappa shape index (κ2) is 9.73. The smallest absolute Gasteiger partial charge is 0.465 e. The van der Waals surface area contributed by atoms with Crippen LogP contribution in [0.15, 0.2) is 0 Å². The maximum atomic E-state index is 12.1. The second-order valence-corrected chi connectivity index (χ2v) is 10.8. The minimum Gasteiger partial charge on any atom is -0.465 e. The van der Waals surface area contributed by atoms with Crippen LogP contribution in [0, 0.1) is 0 Å². The van der Waals surface area contributed by atoms with Crippen molar-refractivity contribution in [3.05, 3.63) is 0 Å². The zero-order valence-corrected chi connectivity index (χ0v) is 16.1. The van der Waals surface area contributed by atoms with Crippen LogP contribution in [-0.2, 0) is 43.6 Å². The Morgan fingerprint density at radius 2 is 1.96 bits per heavy atom. The molecule has 144 valence electrons. The molecule has 1 heterocycles. The Balaban J connectivity index is 2.66. The molecule has 20 heteroatoms. The summed E-state index contributed by atoms with van der Waals surface area (Å²) in [5.41, 5.74) is 0. The van der Waals surface area contributed by atoms with E-state index in [2.05, 4.69) is 25.2 Å². The minimum atomic E-state index is -5.41. The molecule has 1 rings (SSSR count). The van der Waals surface area contributed by atoms with Gasteiger partial charge in [0, 0.05) is 12.4 Å². The normalized spacial score (nSPS) is 29.8. The van der Waals surface area contributed by atoms with Gasteiger partial charge in [0.15, 0.2) is 0 Å². The topological polar surface area (TPSA) is 178 Å². The number of halogens is 1. The molecule has 0 aromatic rings. The Morgan fingerprint density at radius 1 is 1.35 bits per heavy atom. The Labute approximate surface area is 154 Å². The van der Waals surface area contributed by atoms with Gasteiger partial charge in [-0.15, -0.1) is 0 Å². The fourth-order valence-corrected chi connectivity index (χ4v) is 5.95. The molecule has 6 atom stereocenters. The van der Waals surface area contributed by atoms with Crippen LogP contribution in [-0.4, -0.2) is 73.0 Å². The van der Waals surface area contributed by atoms with Crippen LogP contribution in [0.1, 0.15) is 6.42 Å². The molecule has 1 aliphatic heterocycles. The SMILES string of the molecule is [B]C1CC(OC(=O)[B]F)C(COP(O)(=S)OP(=O)(O)OP(=O)(O)[B]O)O1. The highest BCUT2D eigenvalue weighted by atomic mass is 32.5.